The van der Waals surface area contributed by atoms with E-state index in [2.05, 4.69) is 31.3 Å². The van der Waals surface area contributed by atoms with Crippen LogP contribution in [-0.4, -0.2) is 20.7 Å². The molecule has 5 nitrogen and oxygen atoms in total. The Labute approximate surface area is 171 Å². The van der Waals surface area contributed by atoms with Crippen LogP contribution < -0.4 is 5.32 Å². The molecule has 0 saturated heterocycles. The molecule has 0 spiro atoms. The van der Waals surface area contributed by atoms with Crippen molar-refractivity contribution in [1.29, 1.82) is 0 Å². The average Bonchev–Trinajstić information content (AvgIpc) is 2.95. The molecule has 0 fully saturated rings. The lowest BCUT2D eigenvalue weighted by Gasteiger charge is -2.11. The highest BCUT2D eigenvalue weighted by molar-refractivity contribution is 9.10. The predicted molar refractivity (Wildman–Crippen MR) is 116 cm³/mol. The largest absolute Gasteiger partial charge is 0.306 e. The topological polar surface area (TPSA) is 59.8 Å². The van der Waals surface area contributed by atoms with E-state index in [0.29, 0.717) is 11.4 Å². The Bertz CT molecular complexity index is 1200. The lowest BCUT2D eigenvalue weighted by atomic mass is 10.0. The second kappa shape index (κ2) is 7.20. The van der Waals surface area contributed by atoms with E-state index in [0.717, 1.165) is 37.9 Å². The van der Waals surface area contributed by atoms with Crippen molar-refractivity contribution < 1.29 is 4.79 Å². The number of pyridine rings is 1. The number of amides is 1. The van der Waals surface area contributed by atoms with Crippen LogP contribution in [0.3, 0.4) is 0 Å². The molecular formula is C22H19BrN4O. The first kappa shape index (κ1) is 18.4. The van der Waals surface area contributed by atoms with Crippen molar-refractivity contribution in [3.8, 4) is 11.1 Å². The summed E-state index contributed by atoms with van der Waals surface area (Å²) in [5.74, 6) is 0.492. The van der Waals surface area contributed by atoms with Gasteiger partial charge in [-0.05, 0) is 43.7 Å². The zero-order valence-corrected chi connectivity index (χ0v) is 17.4. The normalized spacial score (nSPS) is 11.0. The molecule has 0 bridgehead atoms. The van der Waals surface area contributed by atoms with E-state index < -0.39 is 0 Å². The highest BCUT2D eigenvalue weighted by atomic mass is 79.9. The van der Waals surface area contributed by atoms with Gasteiger partial charge in [-0.25, -0.2) is 0 Å². The van der Waals surface area contributed by atoms with Gasteiger partial charge in [0.05, 0.1) is 16.8 Å². The molecule has 0 aliphatic carbocycles. The molecule has 1 amide bonds. The van der Waals surface area contributed by atoms with Gasteiger partial charge in [-0.3, -0.25) is 14.5 Å². The van der Waals surface area contributed by atoms with Crippen LogP contribution in [0.1, 0.15) is 21.7 Å². The number of nitrogens with one attached hydrogen (secondary N) is 1. The fourth-order valence-electron chi connectivity index (χ4n) is 3.43. The number of hydrogen-bond donors (Lipinski definition) is 1. The van der Waals surface area contributed by atoms with Crippen molar-refractivity contribution in [2.45, 2.75) is 13.8 Å². The molecule has 4 rings (SSSR count). The van der Waals surface area contributed by atoms with E-state index in [1.807, 2.05) is 75.5 Å². The van der Waals surface area contributed by atoms with Gasteiger partial charge in [-0.15, -0.1) is 0 Å². The molecule has 0 saturated carbocycles. The van der Waals surface area contributed by atoms with Crippen molar-refractivity contribution in [2.75, 3.05) is 5.32 Å². The first-order chi connectivity index (χ1) is 13.4. The first-order valence-electron chi connectivity index (χ1n) is 8.91. The van der Waals surface area contributed by atoms with Gasteiger partial charge in [-0.1, -0.05) is 46.3 Å². The fourth-order valence-corrected chi connectivity index (χ4v) is 3.70. The van der Waals surface area contributed by atoms with Crippen LogP contribution in [0.5, 0.6) is 0 Å². The molecule has 28 heavy (non-hydrogen) atoms. The minimum atomic E-state index is -0.178. The summed E-state index contributed by atoms with van der Waals surface area (Å²) in [6.07, 6.45) is 0. The third-order valence-electron chi connectivity index (χ3n) is 4.68. The SMILES string of the molecule is Cc1cc(C(=O)Nc2c(-c3ccc(Br)cc3)c(C)nn2C)c2ccccc2n1. The van der Waals surface area contributed by atoms with Crippen LogP contribution in [-0.2, 0) is 7.05 Å². The second-order valence-electron chi connectivity index (χ2n) is 6.72. The van der Waals surface area contributed by atoms with Crippen molar-refractivity contribution in [2.24, 2.45) is 7.05 Å². The van der Waals surface area contributed by atoms with E-state index in [1.165, 1.54) is 0 Å². The number of carbonyl (C=O) groups is 1. The monoisotopic (exact) mass is 434 g/mol. The fraction of sp³-hybridized carbons (Fsp3) is 0.136. The van der Waals surface area contributed by atoms with E-state index >= 15 is 0 Å². The number of carbonyl (C=O) groups excluding carboxylic acids is 1. The summed E-state index contributed by atoms with van der Waals surface area (Å²) in [6, 6.07) is 17.5. The molecule has 0 atom stereocenters. The van der Waals surface area contributed by atoms with E-state index in [-0.39, 0.29) is 5.91 Å². The molecular weight excluding hydrogens is 416 g/mol. The van der Waals surface area contributed by atoms with Gasteiger partial charge in [-0.2, -0.15) is 5.10 Å². The van der Waals surface area contributed by atoms with Gasteiger partial charge in [0.2, 0.25) is 0 Å². The van der Waals surface area contributed by atoms with Gasteiger partial charge in [0, 0.05) is 28.2 Å². The molecule has 0 radical (unpaired) electrons. The number of anilines is 1. The average molecular weight is 435 g/mol. The molecule has 2 heterocycles. The molecule has 0 unspecified atom stereocenters. The molecule has 0 aliphatic heterocycles. The Balaban J connectivity index is 1.79. The van der Waals surface area contributed by atoms with Crippen LogP contribution in [0.2, 0.25) is 0 Å². The Morgan fingerprint density at radius 1 is 1.07 bits per heavy atom. The molecule has 6 heteroatoms. The number of benzene rings is 2. The molecule has 1 N–H and O–H groups in total. The first-order valence-corrected chi connectivity index (χ1v) is 9.70. The minimum Gasteiger partial charge on any atom is -0.306 e. The lowest BCUT2D eigenvalue weighted by Crippen LogP contribution is -2.16. The van der Waals surface area contributed by atoms with Crippen molar-refractivity contribution in [3.63, 3.8) is 0 Å². The molecule has 2 aromatic heterocycles. The number of para-hydroxylation sites is 1. The Morgan fingerprint density at radius 3 is 2.54 bits per heavy atom. The summed E-state index contributed by atoms with van der Waals surface area (Å²) in [5, 5.41) is 8.41. The predicted octanol–water partition coefficient (Wildman–Crippen LogP) is 5.27. The molecule has 2 aromatic carbocycles. The van der Waals surface area contributed by atoms with Crippen molar-refractivity contribution in [1.82, 2.24) is 14.8 Å². The quantitative estimate of drug-likeness (QED) is 0.477. The lowest BCUT2D eigenvalue weighted by molar-refractivity contribution is 0.102. The zero-order chi connectivity index (χ0) is 19.8. The third kappa shape index (κ3) is 3.31. The second-order valence-corrected chi connectivity index (χ2v) is 7.64. The maximum absolute atomic E-state index is 13.2. The van der Waals surface area contributed by atoms with Gasteiger partial charge in [0.25, 0.3) is 5.91 Å². The molecule has 4 aromatic rings. The maximum atomic E-state index is 13.2. The maximum Gasteiger partial charge on any atom is 0.257 e. The highest BCUT2D eigenvalue weighted by Crippen LogP contribution is 2.32. The Morgan fingerprint density at radius 2 is 1.79 bits per heavy atom. The van der Waals surface area contributed by atoms with Gasteiger partial charge in [0.1, 0.15) is 5.82 Å². The number of rotatable bonds is 3. The van der Waals surface area contributed by atoms with E-state index in [4.69, 9.17) is 0 Å². The summed E-state index contributed by atoms with van der Waals surface area (Å²) in [5.41, 5.74) is 4.98. The Kier molecular flexibility index (Phi) is 4.73. The summed E-state index contributed by atoms with van der Waals surface area (Å²) in [6.45, 7) is 3.84. The third-order valence-corrected chi connectivity index (χ3v) is 5.20. The summed E-state index contributed by atoms with van der Waals surface area (Å²) in [4.78, 5) is 17.7. The summed E-state index contributed by atoms with van der Waals surface area (Å²) < 4.78 is 2.71. The highest BCUT2D eigenvalue weighted by Gasteiger charge is 2.19. The van der Waals surface area contributed by atoms with Crippen LogP contribution in [0, 0.1) is 13.8 Å². The molecule has 140 valence electrons. The number of nitrogens with zero attached hydrogens (tertiary/aromatic N) is 3. The Hall–Kier alpha value is -2.99. The number of halogens is 1. The van der Waals surface area contributed by atoms with Gasteiger partial charge < -0.3 is 5.32 Å². The summed E-state index contributed by atoms with van der Waals surface area (Å²) >= 11 is 3.46. The van der Waals surface area contributed by atoms with Crippen molar-refractivity contribution >= 4 is 38.6 Å². The van der Waals surface area contributed by atoms with Crippen LogP contribution in [0.4, 0.5) is 5.82 Å². The van der Waals surface area contributed by atoms with Crippen LogP contribution in [0.15, 0.2) is 59.1 Å². The molecule has 0 aliphatic rings. The number of fused-ring (bicyclic) bond motifs is 1. The van der Waals surface area contributed by atoms with Crippen LogP contribution in [0.25, 0.3) is 22.0 Å². The van der Waals surface area contributed by atoms with Crippen LogP contribution >= 0.6 is 15.9 Å². The van der Waals surface area contributed by atoms with Crippen molar-refractivity contribution in [3.05, 3.63) is 76.0 Å². The van der Waals surface area contributed by atoms with E-state index in [1.54, 1.807) is 4.68 Å². The smallest absolute Gasteiger partial charge is 0.257 e. The summed E-state index contributed by atoms with van der Waals surface area (Å²) in [7, 11) is 1.83. The zero-order valence-electron chi connectivity index (χ0n) is 15.8. The van der Waals surface area contributed by atoms with Gasteiger partial charge in [0.15, 0.2) is 0 Å². The number of aryl methyl sites for hydroxylation is 3. The standard InChI is InChI=1S/C22H19BrN4O/c1-13-12-18(17-6-4-5-7-19(17)24-13)22(28)25-21-20(14(2)26-27(21)3)15-8-10-16(23)11-9-15/h4-12H,1-3H3,(H,25,28). The number of hydrogen-bond acceptors (Lipinski definition) is 3. The number of aromatic nitrogens is 3. The van der Waals surface area contributed by atoms with E-state index in [9.17, 15) is 4.79 Å². The van der Waals surface area contributed by atoms with Gasteiger partial charge >= 0.3 is 0 Å². The minimum absolute atomic E-state index is 0.178.